The van der Waals surface area contributed by atoms with Crippen LogP contribution in [0.5, 0.6) is 5.75 Å². The predicted octanol–water partition coefficient (Wildman–Crippen LogP) is 2.51. The van der Waals surface area contributed by atoms with Crippen LogP contribution < -0.4 is 10.1 Å². The molecule has 1 amide bonds. The molecule has 21 heavy (non-hydrogen) atoms. The first-order valence-electron chi connectivity index (χ1n) is 6.43. The normalized spacial score (nSPS) is 17.6. The first-order chi connectivity index (χ1) is 10.0. The number of fused-ring (bicyclic) bond motifs is 1. The lowest BCUT2D eigenvalue weighted by molar-refractivity contribution is 0.101. The zero-order valence-electron chi connectivity index (χ0n) is 11.2. The van der Waals surface area contributed by atoms with Crippen LogP contribution in [0.2, 0.25) is 5.02 Å². The molecule has 2 aromatic rings. The molecule has 1 aliphatic rings. The minimum Gasteiger partial charge on any atom is -0.488 e. The number of aromatic amines is 1. The SMILES string of the molecule is CC(=O)c1cc2cc(Cl)c(OCC3CNC(=O)O3)cc2[nH]1. The number of halogens is 1. The topological polar surface area (TPSA) is 80.4 Å². The maximum atomic E-state index is 11.4. The molecule has 3 rings (SSSR count). The highest BCUT2D eigenvalue weighted by atomic mass is 35.5. The summed E-state index contributed by atoms with van der Waals surface area (Å²) in [5.74, 6) is 0.429. The Morgan fingerprint density at radius 2 is 2.29 bits per heavy atom. The molecule has 1 fully saturated rings. The average Bonchev–Trinajstić information content (AvgIpc) is 3.02. The molecule has 1 saturated heterocycles. The molecule has 7 heteroatoms. The lowest BCUT2D eigenvalue weighted by Crippen LogP contribution is -2.22. The van der Waals surface area contributed by atoms with Crippen molar-refractivity contribution in [2.24, 2.45) is 0 Å². The Labute approximate surface area is 125 Å². The Balaban J connectivity index is 1.79. The van der Waals surface area contributed by atoms with Gasteiger partial charge in [-0.05, 0) is 12.1 Å². The van der Waals surface area contributed by atoms with E-state index >= 15 is 0 Å². The van der Waals surface area contributed by atoms with Crippen LogP contribution >= 0.6 is 11.6 Å². The zero-order valence-corrected chi connectivity index (χ0v) is 12.0. The maximum absolute atomic E-state index is 11.4. The van der Waals surface area contributed by atoms with Crippen LogP contribution in [0.15, 0.2) is 18.2 Å². The summed E-state index contributed by atoms with van der Waals surface area (Å²) in [6.45, 7) is 2.12. The van der Waals surface area contributed by atoms with E-state index in [0.29, 0.717) is 23.0 Å². The number of aromatic nitrogens is 1. The largest absolute Gasteiger partial charge is 0.488 e. The first-order valence-corrected chi connectivity index (χ1v) is 6.81. The van der Waals surface area contributed by atoms with Crippen LogP contribution in [-0.2, 0) is 4.74 Å². The van der Waals surface area contributed by atoms with Crippen LogP contribution in [0, 0.1) is 0 Å². The van der Waals surface area contributed by atoms with Crippen LogP contribution in [0.4, 0.5) is 4.79 Å². The summed E-state index contributed by atoms with van der Waals surface area (Å²) < 4.78 is 10.6. The van der Waals surface area contributed by atoms with E-state index in [9.17, 15) is 9.59 Å². The highest BCUT2D eigenvalue weighted by Crippen LogP contribution is 2.30. The van der Waals surface area contributed by atoms with Gasteiger partial charge in [-0.25, -0.2) is 4.79 Å². The van der Waals surface area contributed by atoms with E-state index in [2.05, 4.69) is 10.3 Å². The first kappa shape index (κ1) is 13.8. The summed E-state index contributed by atoms with van der Waals surface area (Å²) in [6.07, 6.45) is -0.777. The number of rotatable bonds is 4. The van der Waals surface area contributed by atoms with Gasteiger partial charge in [-0.1, -0.05) is 11.6 Å². The van der Waals surface area contributed by atoms with Crippen LogP contribution in [0.25, 0.3) is 10.9 Å². The number of carbonyl (C=O) groups is 2. The van der Waals surface area contributed by atoms with E-state index in [0.717, 1.165) is 10.9 Å². The van der Waals surface area contributed by atoms with Crippen molar-refractivity contribution in [2.75, 3.05) is 13.2 Å². The zero-order chi connectivity index (χ0) is 15.0. The number of amides is 1. The highest BCUT2D eigenvalue weighted by molar-refractivity contribution is 6.32. The molecule has 1 atom stereocenters. The highest BCUT2D eigenvalue weighted by Gasteiger charge is 2.23. The van der Waals surface area contributed by atoms with Crippen molar-refractivity contribution in [3.05, 3.63) is 28.9 Å². The number of hydrogen-bond donors (Lipinski definition) is 2. The van der Waals surface area contributed by atoms with Gasteiger partial charge in [-0.3, -0.25) is 4.79 Å². The number of benzene rings is 1. The Morgan fingerprint density at radius 1 is 1.48 bits per heavy atom. The van der Waals surface area contributed by atoms with Gasteiger partial charge in [0.15, 0.2) is 11.9 Å². The molecule has 110 valence electrons. The quantitative estimate of drug-likeness (QED) is 0.850. The number of carbonyl (C=O) groups excluding carboxylic acids is 2. The van der Waals surface area contributed by atoms with Gasteiger partial charge in [0, 0.05) is 23.9 Å². The molecule has 0 radical (unpaired) electrons. The van der Waals surface area contributed by atoms with Gasteiger partial charge in [-0.15, -0.1) is 0 Å². The number of nitrogens with one attached hydrogen (secondary N) is 2. The van der Waals surface area contributed by atoms with Crippen LogP contribution in [0.1, 0.15) is 17.4 Å². The molecule has 1 aromatic heterocycles. The molecule has 0 aliphatic carbocycles. The average molecular weight is 309 g/mol. The van der Waals surface area contributed by atoms with E-state index in [4.69, 9.17) is 21.1 Å². The van der Waals surface area contributed by atoms with Crippen LogP contribution in [0.3, 0.4) is 0 Å². The van der Waals surface area contributed by atoms with Gasteiger partial charge in [0.1, 0.15) is 12.4 Å². The van der Waals surface area contributed by atoms with Gasteiger partial charge < -0.3 is 19.8 Å². The van der Waals surface area contributed by atoms with Crippen molar-refractivity contribution in [2.45, 2.75) is 13.0 Å². The third kappa shape index (κ3) is 2.80. The van der Waals surface area contributed by atoms with Gasteiger partial charge in [-0.2, -0.15) is 0 Å². The maximum Gasteiger partial charge on any atom is 0.407 e. The van der Waals surface area contributed by atoms with Crippen molar-refractivity contribution in [3.8, 4) is 5.75 Å². The summed E-state index contributed by atoms with van der Waals surface area (Å²) in [5, 5.41) is 3.83. The minimum atomic E-state index is -0.444. The number of ketones is 1. The van der Waals surface area contributed by atoms with Crippen molar-refractivity contribution in [1.29, 1.82) is 0 Å². The Bertz CT molecular complexity index is 725. The summed E-state index contributed by atoms with van der Waals surface area (Å²) in [7, 11) is 0. The van der Waals surface area contributed by atoms with E-state index in [-0.39, 0.29) is 18.5 Å². The van der Waals surface area contributed by atoms with Crippen molar-refractivity contribution >= 4 is 34.4 Å². The second kappa shape index (κ2) is 5.29. The molecule has 6 nitrogen and oxygen atoms in total. The summed E-state index contributed by atoms with van der Waals surface area (Å²) in [4.78, 5) is 25.3. The Hall–Kier alpha value is -2.21. The number of ether oxygens (including phenoxy) is 2. The summed E-state index contributed by atoms with van der Waals surface area (Å²) in [5.41, 5.74) is 1.29. The third-order valence-electron chi connectivity index (χ3n) is 3.23. The van der Waals surface area contributed by atoms with Crippen molar-refractivity contribution < 1.29 is 19.1 Å². The fourth-order valence-corrected chi connectivity index (χ4v) is 2.37. The number of alkyl carbamates (subject to hydrolysis) is 1. The predicted molar refractivity (Wildman–Crippen MR) is 77.1 cm³/mol. The Morgan fingerprint density at radius 3 is 2.95 bits per heavy atom. The number of H-pyrrole nitrogens is 1. The molecule has 2 heterocycles. The van der Waals surface area contributed by atoms with Crippen molar-refractivity contribution in [1.82, 2.24) is 10.3 Å². The molecule has 1 aliphatic heterocycles. The van der Waals surface area contributed by atoms with E-state index < -0.39 is 6.09 Å². The third-order valence-corrected chi connectivity index (χ3v) is 3.52. The molecule has 0 bridgehead atoms. The van der Waals surface area contributed by atoms with E-state index in [1.165, 1.54) is 6.92 Å². The van der Waals surface area contributed by atoms with Crippen molar-refractivity contribution in [3.63, 3.8) is 0 Å². The second-order valence-corrected chi connectivity index (χ2v) is 5.24. The molecule has 0 spiro atoms. The monoisotopic (exact) mass is 308 g/mol. The fraction of sp³-hybridized carbons (Fsp3) is 0.286. The lowest BCUT2D eigenvalue weighted by Gasteiger charge is -2.11. The van der Waals surface area contributed by atoms with Crippen LogP contribution in [-0.4, -0.2) is 36.1 Å². The molecule has 0 saturated carbocycles. The van der Waals surface area contributed by atoms with Gasteiger partial charge in [0.2, 0.25) is 0 Å². The summed E-state index contributed by atoms with van der Waals surface area (Å²) >= 11 is 6.16. The second-order valence-electron chi connectivity index (χ2n) is 4.83. The smallest absolute Gasteiger partial charge is 0.407 e. The number of hydrogen-bond acceptors (Lipinski definition) is 4. The molecular formula is C14H13ClN2O4. The lowest BCUT2D eigenvalue weighted by atomic mass is 10.2. The molecular weight excluding hydrogens is 296 g/mol. The summed E-state index contributed by atoms with van der Waals surface area (Å²) in [6, 6.07) is 5.21. The van der Waals surface area contributed by atoms with Gasteiger partial charge >= 0.3 is 6.09 Å². The van der Waals surface area contributed by atoms with E-state index in [1.54, 1.807) is 18.2 Å². The minimum absolute atomic E-state index is 0.0475. The fourth-order valence-electron chi connectivity index (χ4n) is 2.14. The number of Topliss-reactive ketones (excluding diaryl/α,β-unsaturated/α-hetero) is 1. The van der Waals surface area contributed by atoms with Gasteiger partial charge in [0.05, 0.1) is 17.3 Å². The molecule has 1 aromatic carbocycles. The standard InChI is InChI=1S/C14H13ClN2O4/c1-7(18)11-3-8-2-10(15)13(4-12(8)17-11)20-6-9-5-16-14(19)21-9/h2-4,9,17H,5-6H2,1H3,(H,16,19). The molecule has 2 N–H and O–H groups in total. The Kier molecular flexibility index (Phi) is 3.47. The molecule has 1 unspecified atom stereocenters. The number of cyclic esters (lactones) is 1. The van der Waals surface area contributed by atoms with E-state index in [1.807, 2.05) is 0 Å². The van der Waals surface area contributed by atoms with Gasteiger partial charge in [0.25, 0.3) is 0 Å².